The number of nitrogens with one attached hydrogen (secondary N) is 1. The Kier molecular flexibility index (Phi) is 7.71. The number of amides is 1. The van der Waals surface area contributed by atoms with Gasteiger partial charge in [0.05, 0.1) is 6.61 Å². The minimum absolute atomic E-state index is 0.0548. The molecule has 0 spiro atoms. The third-order valence-corrected chi connectivity index (χ3v) is 3.34. The number of ether oxygens (including phenoxy) is 3. The van der Waals surface area contributed by atoms with Crippen molar-refractivity contribution in [2.45, 2.75) is 39.2 Å². The van der Waals surface area contributed by atoms with Gasteiger partial charge in [0.15, 0.2) is 12.7 Å². The molecule has 1 N–H and O–H groups in total. The van der Waals surface area contributed by atoms with Crippen LogP contribution in [0.4, 0.5) is 0 Å². The van der Waals surface area contributed by atoms with Crippen LogP contribution in [0.25, 0.3) is 0 Å². The molecule has 1 atom stereocenters. The van der Waals surface area contributed by atoms with Gasteiger partial charge in [0.25, 0.3) is 5.91 Å². The first-order valence-corrected chi connectivity index (χ1v) is 7.93. The predicted molar refractivity (Wildman–Crippen MR) is 91.1 cm³/mol. The average molecular weight is 337 g/mol. The molecule has 0 fully saturated rings. The van der Waals surface area contributed by atoms with E-state index in [-0.39, 0.29) is 17.9 Å². The van der Waals surface area contributed by atoms with Gasteiger partial charge >= 0.3 is 5.97 Å². The molecule has 0 aromatic heterocycles. The standard InChI is InChI=1S/C18H27NO5/c1-13(17(21)23-12-16(20)19-10-11-22-5)24-15-8-6-14(7-9-15)18(2,3)4/h6-9,13H,10-12H2,1-5H3,(H,19,20)/t13-/m0/s1. The fourth-order valence-electron chi connectivity index (χ4n) is 1.88. The number of carbonyl (C=O) groups is 2. The smallest absolute Gasteiger partial charge is 0.347 e. The normalized spacial score (nSPS) is 12.4. The van der Waals surface area contributed by atoms with Crippen LogP contribution in [0.5, 0.6) is 5.75 Å². The quantitative estimate of drug-likeness (QED) is 0.580. The molecule has 0 saturated carbocycles. The number of hydrogen-bond donors (Lipinski definition) is 1. The van der Waals surface area contributed by atoms with Gasteiger partial charge in [-0.3, -0.25) is 4.79 Å². The Labute approximate surface area is 143 Å². The predicted octanol–water partition coefficient (Wildman–Crippen LogP) is 2.06. The molecule has 134 valence electrons. The lowest BCUT2D eigenvalue weighted by molar-refractivity contribution is -0.154. The van der Waals surface area contributed by atoms with E-state index in [4.69, 9.17) is 14.2 Å². The van der Waals surface area contributed by atoms with Crippen LogP contribution < -0.4 is 10.1 Å². The number of esters is 1. The molecule has 1 aromatic rings. The van der Waals surface area contributed by atoms with E-state index in [0.717, 1.165) is 0 Å². The Balaban J connectivity index is 2.42. The highest BCUT2D eigenvalue weighted by Crippen LogP contribution is 2.24. The van der Waals surface area contributed by atoms with Crippen molar-refractivity contribution < 1.29 is 23.8 Å². The Morgan fingerprint density at radius 2 is 1.79 bits per heavy atom. The van der Waals surface area contributed by atoms with Crippen molar-refractivity contribution in [1.29, 1.82) is 0 Å². The molecule has 0 aliphatic carbocycles. The van der Waals surface area contributed by atoms with Crippen LogP contribution in [0.1, 0.15) is 33.3 Å². The van der Waals surface area contributed by atoms with Gasteiger partial charge in [0.2, 0.25) is 0 Å². The van der Waals surface area contributed by atoms with Crippen LogP contribution in [-0.2, 0) is 24.5 Å². The van der Waals surface area contributed by atoms with Gasteiger partial charge in [0.1, 0.15) is 5.75 Å². The third-order valence-electron chi connectivity index (χ3n) is 3.34. The Hall–Kier alpha value is -2.08. The summed E-state index contributed by atoms with van der Waals surface area (Å²) < 4.78 is 15.3. The van der Waals surface area contributed by atoms with E-state index in [1.807, 2.05) is 24.3 Å². The van der Waals surface area contributed by atoms with Crippen LogP contribution in [0, 0.1) is 0 Å². The number of benzene rings is 1. The fraction of sp³-hybridized carbons (Fsp3) is 0.556. The monoisotopic (exact) mass is 337 g/mol. The molecule has 1 rings (SSSR count). The van der Waals surface area contributed by atoms with E-state index in [0.29, 0.717) is 18.9 Å². The van der Waals surface area contributed by atoms with E-state index in [2.05, 4.69) is 26.1 Å². The van der Waals surface area contributed by atoms with E-state index in [1.54, 1.807) is 14.0 Å². The van der Waals surface area contributed by atoms with Crippen LogP contribution >= 0.6 is 0 Å². The zero-order valence-corrected chi connectivity index (χ0v) is 15.0. The highest BCUT2D eigenvalue weighted by Gasteiger charge is 2.18. The minimum Gasteiger partial charge on any atom is -0.479 e. The summed E-state index contributed by atoms with van der Waals surface area (Å²) in [5.41, 5.74) is 1.23. The maximum Gasteiger partial charge on any atom is 0.347 e. The average Bonchev–Trinajstić information content (AvgIpc) is 2.52. The Morgan fingerprint density at radius 1 is 1.17 bits per heavy atom. The fourth-order valence-corrected chi connectivity index (χ4v) is 1.88. The maximum atomic E-state index is 11.9. The Bertz CT molecular complexity index is 533. The number of methoxy groups -OCH3 is 1. The van der Waals surface area contributed by atoms with Crippen molar-refractivity contribution >= 4 is 11.9 Å². The molecule has 1 amide bonds. The zero-order chi connectivity index (χ0) is 18.2. The van der Waals surface area contributed by atoms with Gasteiger partial charge in [-0.05, 0) is 30.0 Å². The Morgan fingerprint density at radius 3 is 2.33 bits per heavy atom. The molecule has 24 heavy (non-hydrogen) atoms. The summed E-state index contributed by atoms with van der Waals surface area (Å²) >= 11 is 0. The summed E-state index contributed by atoms with van der Waals surface area (Å²) in [6, 6.07) is 7.58. The molecule has 0 saturated heterocycles. The van der Waals surface area contributed by atoms with Gasteiger partial charge < -0.3 is 19.5 Å². The van der Waals surface area contributed by atoms with Crippen molar-refractivity contribution in [3.05, 3.63) is 29.8 Å². The van der Waals surface area contributed by atoms with Crippen molar-refractivity contribution in [3.63, 3.8) is 0 Å². The van der Waals surface area contributed by atoms with Gasteiger partial charge in [-0.1, -0.05) is 32.9 Å². The van der Waals surface area contributed by atoms with Crippen molar-refractivity contribution in [3.8, 4) is 5.75 Å². The molecular formula is C18H27NO5. The molecule has 6 heteroatoms. The molecular weight excluding hydrogens is 310 g/mol. The van der Waals surface area contributed by atoms with E-state index >= 15 is 0 Å². The summed E-state index contributed by atoms with van der Waals surface area (Å²) in [5, 5.41) is 2.57. The second kappa shape index (κ2) is 9.27. The first-order chi connectivity index (χ1) is 11.2. The van der Waals surface area contributed by atoms with Crippen molar-refractivity contribution in [1.82, 2.24) is 5.32 Å². The molecule has 6 nitrogen and oxygen atoms in total. The third kappa shape index (κ3) is 7.00. The van der Waals surface area contributed by atoms with Crippen LogP contribution in [0.2, 0.25) is 0 Å². The number of hydrogen-bond acceptors (Lipinski definition) is 5. The molecule has 0 aliphatic heterocycles. The lowest BCUT2D eigenvalue weighted by Gasteiger charge is -2.20. The second-order valence-corrected chi connectivity index (χ2v) is 6.48. The highest BCUT2D eigenvalue weighted by atomic mass is 16.6. The summed E-state index contributed by atoms with van der Waals surface area (Å²) in [7, 11) is 1.54. The van der Waals surface area contributed by atoms with Crippen LogP contribution in [0.3, 0.4) is 0 Å². The van der Waals surface area contributed by atoms with E-state index in [1.165, 1.54) is 5.56 Å². The summed E-state index contributed by atoms with van der Waals surface area (Å²) in [4.78, 5) is 23.3. The van der Waals surface area contributed by atoms with Gasteiger partial charge in [-0.25, -0.2) is 4.79 Å². The maximum absolute atomic E-state index is 11.9. The van der Waals surface area contributed by atoms with Gasteiger partial charge in [-0.2, -0.15) is 0 Å². The van der Waals surface area contributed by atoms with Crippen LogP contribution in [0.15, 0.2) is 24.3 Å². The molecule has 0 radical (unpaired) electrons. The SMILES string of the molecule is COCCNC(=O)COC(=O)[C@H](C)Oc1ccc(C(C)(C)C)cc1. The zero-order valence-electron chi connectivity index (χ0n) is 15.0. The van der Waals surface area contributed by atoms with Crippen molar-refractivity contribution in [2.75, 3.05) is 26.9 Å². The minimum atomic E-state index is -0.794. The molecule has 0 heterocycles. The molecule has 1 aromatic carbocycles. The lowest BCUT2D eigenvalue weighted by atomic mass is 9.87. The topological polar surface area (TPSA) is 73.9 Å². The van der Waals surface area contributed by atoms with Crippen molar-refractivity contribution in [2.24, 2.45) is 0 Å². The largest absolute Gasteiger partial charge is 0.479 e. The van der Waals surface area contributed by atoms with E-state index < -0.39 is 12.1 Å². The molecule has 0 aliphatic rings. The van der Waals surface area contributed by atoms with Gasteiger partial charge in [-0.15, -0.1) is 0 Å². The first kappa shape index (κ1) is 20.0. The van der Waals surface area contributed by atoms with Gasteiger partial charge in [0, 0.05) is 13.7 Å². The molecule has 0 bridgehead atoms. The second-order valence-electron chi connectivity index (χ2n) is 6.48. The first-order valence-electron chi connectivity index (χ1n) is 7.93. The highest BCUT2D eigenvalue weighted by molar-refractivity contribution is 5.81. The van der Waals surface area contributed by atoms with Crippen LogP contribution in [-0.4, -0.2) is 44.8 Å². The molecule has 0 unspecified atom stereocenters. The summed E-state index contributed by atoms with van der Waals surface area (Å²) in [6.45, 7) is 8.41. The van der Waals surface area contributed by atoms with E-state index in [9.17, 15) is 9.59 Å². The number of rotatable bonds is 8. The number of carbonyl (C=O) groups excluding carboxylic acids is 2. The summed E-state index contributed by atoms with van der Waals surface area (Å²) in [5.74, 6) is -0.379. The lowest BCUT2D eigenvalue weighted by Crippen LogP contribution is -2.34. The summed E-state index contributed by atoms with van der Waals surface area (Å²) in [6.07, 6.45) is -0.794.